The van der Waals surface area contributed by atoms with Crippen LogP contribution in [0.3, 0.4) is 0 Å². The Bertz CT molecular complexity index is 1500. The molecule has 2 N–H and O–H groups in total. The lowest BCUT2D eigenvalue weighted by Crippen LogP contribution is -2.08. The lowest BCUT2D eigenvalue weighted by molar-refractivity contribution is -0.137. The number of hydrogen-bond donors (Lipinski definition) is 2. The third-order valence-electron chi connectivity index (χ3n) is 5.88. The second-order valence-electron chi connectivity index (χ2n) is 8.15. The summed E-state index contributed by atoms with van der Waals surface area (Å²) in [5, 5.41) is 7.45. The quantitative estimate of drug-likeness (QED) is 0.204. The average Bonchev–Trinajstić information content (AvgIpc) is 2.86. The molecule has 0 aliphatic rings. The number of aryl methyl sites for hydroxylation is 1. The van der Waals surface area contributed by atoms with Crippen LogP contribution in [0.1, 0.15) is 22.3 Å². The van der Waals surface area contributed by atoms with Crippen LogP contribution >= 0.6 is 0 Å². The van der Waals surface area contributed by atoms with Crippen molar-refractivity contribution in [2.45, 2.75) is 20.0 Å². The van der Waals surface area contributed by atoms with Gasteiger partial charge in [0.25, 0.3) is 0 Å². The second-order valence-corrected chi connectivity index (χ2v) is 8.15. The standard InChI is InChI=1S/C29H23F3N2O2/c1-4-24(22-10-7-11-25(19(22)3)33-17-35)34-26-16-20(29(30,31)32)13-15-28(26)36-27-14-12-18(2)21-8-5-6-9-23(21)27/h5-17,34H,1H2,2-3H3,(H,33,35). The van der Waals surface area contributed by atoms with Gasteiger partial charge in [-0.25, -0.2) is 0 Å². The lowest BCUT2D eigenvalue weighted by atomic mass is 10.0. The SMILES string of the molecule is C=C=C(Nc1cc(C(F)(F)F)ccc1Oc1ccc(C)c2ccccc12)c1cccc(NC=O)c1C. The van der Waals surface area contributed by atoms with Crippen molar-refractivity contribution in [3.63, 3.8) is 0 Å². The minimum Gasteiger partial charge on any atom is -0.455 e. The predicted octanol–water partition coefficient (Wildman–Crippen LogP) is 8.07. The van der Waals surface area contributed by atoms with E-state index in [0.29, 0.717) is 34.7 Å². The van der Waals surface area contributed by atoms with Crippen LogP contribution in [0.4, 0.5) is 24.5 Å². The summed E-state index contributed by atoms with van der Waals surface area (Å²) in [4.78, 5) is 10.9. The van der Waals surface area contributed by atoms with E-state index in [1.54, 1.807) is 31.2 Å². The van der Waals surface area contributed by atoms with Gasteiger partial charge in [-0.05, 0) is 60.7 Å². The second kappa shape index (κ2) is 10.0. The Morgan fingerprint density at radius 1 is 0.917 bits per heavy atom. The zero-order valence-electron chi connectivity index (χ0n) is 19.7. The van der Waals surface area contributed by atoms with E-state index in [0.717, 1.165) is 28.5 Å². The van der Waals surface area contributed by atoms with Crippen LogP contribution in [0.5, 0.6) is 11.5 Å². The minimum atomic E-state index is -4.55. The van der Waals surface area contributed by atoms with Crippen LogP contribution in [0.2, 0.25) is 0 Å². The number of alkyl halides is 3. The normalized spacial score (nSPS) is 11.0. The molecule has 0 saturated carbocycles. The fourth-order valence-corrected chi connectivity index (χ4v) is 3.99. The Labute approximate surface area is 206 Å². The zero-order chi connectivity index (χ0) is 25.9. The third kappa shape index (κ3) is 4.97. The fourth-order valence-electron chi connectivity index (χ4n) is 3.99. The van der Waals surface area contributed by atoms with Crippen molar-refractivity contribution in [1.29, 1.82) is 0 Å². The Kier molecular flexibility index (Phi) is 6.86. The molecule has 7 heteroatoms. The summed E-state index contributed by atoms with van der Waals surface area (Å²) in [6, 6.07) is 19.8. The molecule has 0 atom stereocenters. The average molecular weight is 489 g/mol. The summed E-state index contributed by atoms with van der Waals surface area (Å²) in [6.07, 6.45) is -3.99. The Morgan fingerprint density at radius 3 is 2.33 bits per heavy atom. The van der Waals surface area contributed by atoms with E-state index in [-0.39, 0.29) is 11.4 Å². The first-order valence-corrected chi connectivity index (χ1v) is 11.1. The summed E-state index contributed by atoms with van der Waals surface area (Å²) in [6.45, 7) is 7.47. The van der Waals surface area contributed by atoms with Crippen LogP contribution in [-0.4, -0.2) is 6.41 Å². The molecule has 0 aliphatic carbocycles. The van der Waals surface area contributed by atoms with Gasteiger partial charge in [0, 0.05) is 16.6 Å². The van der Waals surface area contributed by atoms with Crippen molar-refractivity contribution in [2.24, 2.45) is 0 Å². The topological polar surface area (TPSA) is 50.4 Å². The molecule has 0 bridgehead atoms. The highest BCUT2D eigenvalue weighted by Crippen LogP contribution is 2.40. The Hall–Kier alpha value is -4.48. The third-order valence-corrected chi connectivity index (χ3v) is 5.88. The van der Waals surface area contributed by atoms with Gasteiger partial charge in [-0.15, -0.1) is 5.73 Å². The fraction of sp³-hybridized carbons (Fsp3) is 0.103. The molecular formula is C29H23F3N2O2. The highest BCUT2D eigenvalue weighted by Gasteiger charge is 2.31. The van der Waals surface area contributed by atoms with Gasteiger partial charge in [-0.3, -0.25) is 4.79 Å². The van der Waals surface area contributed by atoms with Gasteiger partial charge >= 0.3 is 6.18 Å². The van der Waals surface area contributed by atoms with E-state index in [1.807, 2.05) is 37.3 Å². The number of amides is 1. The maximum atomic E-state index is 13.6. The first-order valence-electron chi connectivity index (χ1n) is 11.1. The van der Waals surface area contributed by atoms with Crippen LogP contribution in [0.25, 0.3) is 16.5 Å². The Morgan fingerprint density at radius 2 is 1.64 bits per heavy atom. The maximum absolute atomic E-state index is 13.6. The van der Waals surface area contributed by atoms with E-state index in [9.17, 15) is 18.0 Å². The first-order chi connectivity index (χ1) is 17.2. The van der Waals surface area contributed by atoms with Crippen molar-refractivity contribution in [3.05, 3.63) is 107 Å². The molecule has 0 saturated heterocycles. The van der Waals surface area contributed by atoms with Gasteiger partial charge in [0.1, 0.15) is 5.75 Å². The van der Waals surface area contributed by atoms with Gasteiger partial charge in [0.2, 0.25) is 6.41 Å². The summed E-state index contributed by atoms with van der Waals surface area (Å²) in [5.41, 5.74) is 5.28. The number of ether oxygens (including phenoxy) is 1. The molecule has 0 unspecified atom stereocenters. The van der Waals surface area contributed by atoms with Crippen molar-refractivity contribution in [3.8, 4) is 11.5 Å². The molecule has 0 aromatic heterocycles. The summed E-state index contributed by atoms with van der Waals surface area (Å²) < 4.78 is 46.9. The van der Waals surface area contributed by atoms with Crippen LogP contribution in [0.15, 0.2) is 85.1 Å². The molecule has 0 heterocycles. The number of carbonyl (C=O) groups is 1. The van der Waals surface area contributed by atoms with Crippen molar-refractivity contribution >= 4 is 34.3 Å². The van der Waals surface area contributed by atoms with E-state index >= 15 is 0 Å². The molecule has 4 nitrogen and oxygen atoms in total. The number of rotatable bonds is 7. The highest BCUT2D eigenvalue weighted by molar-refractivity contribution is 5.91. The number of carbonyl (C=O) groups excluding carboxylic acids is 1. The molecule has 0 fully saturated rings. The monoisotopic (exact) mass is 488 g/mol. The molecule has 0 aliphatic heterocycles. The largest absolute Gasteiger partial charge is 0.455 e. The van der Waals surface area contributed by atoms with Crippen LogP contribution in [-0.2, 0) is 11.0 Å². The van der Waals surface area contributed by atoms with Gasteiger partial charge < -0.3 is 15.4 Å². The first kappa shape index (κ1) is 24.6. The lowest BCUT2D eigenvalue weighted by Gasteiger charge is -2.19. The molecule has 4 aromatic carbocycles. The maximum Gasteiger partial charge on any atom is 0.416 e. The number of anilines is 2. The van der Waals surface area contributed by atoms with Crippen molar-refractivity contribution in [1.82, 2.24) is 0 Å². The molecule has 4 aromatic rings. The number of fused-ring (bicyclic) bond motifs is 1. The van der Waals surface area contributed by atoms with Crippen molar-refractivity contribution < 1.29 is 22.7 Å². The molecule has 4 rings (SSSR count). The van der Waals surface area contributed by atoms with Gasteiger partial charge in [-0.1, -0.05) is 49.0 Å². The Balaban J connectivity index is 1.80. The van der Waals surface area contributed by atoms with Gasteiger partial charge in [0.15, 0.2) is 5.75 Å². The van der Waals surface area contributed by atoms with Crippen molar-refractivity contribution in [2.75, 3.05) is 10.6 Å². The summed E-state index contributed by atoms with van der Waals surface area (Å²) in [7, 11) is 0. The van der Waals surface area contributed by atoms with E-state index in [2.05, 4.69) is 22.9 Å². The predicted molar refractivity (Wildman–Crippen MR) is 137 cm³/mol. The molecule has 182 valence electrons. The number of nitrogens with one attached hydrogen (secondary N) is 2. The van der Waals surface area contributed by atoms with E-state index in [1.165, 1.54) is 6.07 Å². The number of halogens is 3. The van der Waals surface area contributed by atoms with Crippen LogP contribution in [0, 0.1) is 13.8 Å². The smallest absolute Gasteiger partial charge is 0.416 e. The molecular weight excluding hydrogens is 465 g/mol. The summed E-state index contributed by atoms with van der Waals surface area (Å²) in [5.74, 6) is 0.709. The van der Waals surface area contributed by atoms with E-state index < -0.39 is 11.7 Å². The molecule has 0 radical (unpaired) electrons. The molecule has 36 heavy (non-hydrogen) atoms. The number of hydrogen-bond acceptors (Lipinski definition) is 3. The minimum absolute atomic E-state index is 0.0915. The zero-order valence-corrected chi connectivity index (χ0v) is 19.7. The van der Waals surface area contributed by atoms with Gasteiger partial charge in [-0.2, -0.15) is 13.2 Å². The van der Waals surface area contributed by atoms with Gasteiger partial charge in [0.05, 0.1) is 16.9 Å². The highest BCUT2D eigenvalue weighted by atomic mass is 19.4. The van der Waals surface area contributed by atoms with Crippen LogP contribution < -0.4 is 15.4 Å². The molecule has 1 amide bonds. The van der Waals surface area contributed by atoms with E-state index in [4.69, 9.17) is 4.74 Å². The summed E-state index contributed by atoms with van der Waals surface area (Å²) >= 11 is 0. The number of benzene rings is 4. The molecule has 0 spiro atoms.